The molecule has 5 fully saturated rings. The van der Waals surface area contributed by atoms with E-state index in [0.29, 0.717) is 17.1 Å². The molecule has 5 heterocycles. The Hall–Kier alpha value is -3.52. The normalized spacial score (nSPS) is 37.5. The SMILES string of the molecule is C/C=C1\CN2[C@H]3C[C@@]45c6ccccc6N(C)[C@@H]4[C@@H]2C[C@@H]1[C@]3(C(=O)OC)[C@H]5OC(=O)c1ccc(OC)c(OC)c1. The minimum absolute atomic E-state index is 0.0521. The van der Waals surface area contributed by atoms with Gasteiger partial charge in [-0.1, -0.05) is 29.8 Å². The molecule has 6 aliphatic rings. The van der Waals surface area contributed by atoms with E-state index in [0.717, 1.165) is 30.6 Å². The van der Waals surface area contributed by atoms with Gasteiger partial charge in [0.2, 0.25) is 0 Å². The highest BCUT2D eigenvalue weighted by Crippen LogP contribution is 2.73. The Kier molecular flexibility index (Phi) is 5.18. The van der Waals surface area contributed by atoms with Crippen LogP contribution in [0.15, 0.2) is 54.1 Å². The number of nitrogens with zero attached hydrogens (tertiary/aromatic N) is 2. The number of piperidine rings is 4. The van der Waals surface area contributed by atoms with Crippen molar-refractivity contribution in [1.82, 2.24) is 4.90 Å². The third-order valence-corrected chi connectivity index (χ3v) is 10.5. The van der Waals surface area contributed by atoms with Crippen LogP contribution in [0.3, 0.4) is 0 Å². The van der Waals surface area contributed by atoms with Crippen LogP contribution < -0.4 is 14.4 Å². The molecule has 0 amide bonds. The number of rotatable bonds is 5. The van der Waals surface area contributed by atoms with Gasteiger partial charge in [0.25, 0.3) is 0 Å². The smallest absolute Gasteiger partial charge is 0.338 e. The van der Waals surface area contributed by atoms with Crippen LogP contribution in [0.5, 0.6) is 11.5 Å². The fourth-order valence-electron chi connectivity index (χ4n) is 9.28. The highest BCUT2D eigenvalue weighted by Gasteiger charge is 2.84. The molecule has 8 nitrogen and oxygen atoms in total. The molecule has 1 spiro atoms. The second-order valence-corrected chi connectivity index (χ2v) is 11.5. The molecule has 1 unspecified atom stereocenters. The maximum Gasteiger partial charge on any atom is 0.338 e. The first kappa shape index (κ1) is 24.5. The van der Waals surface area contributed by atoms with Crippen molar-refractivity contribution in [3.8, 4) is 11.5 Å². The number of carbonyl (C=O) groups is 2. The number of fused-ring (bicyclic) bond motifs is 2. The van der Waals surface area contributed by atoms with Crippen molar-refractivity contribution in [2.24, 2.45) is 11.3 Å². The number of carbonyl (C=O) groups excluding carboxylic acids is 2. The molecule has 2 aromatic rings. The second-order valence-electron chi connectivity index (χ2n) is 11.5. The number of ether oxygens (including phenoxy) is 4. The van der Waals surface area contributed by atoms with Gasteiger partial charge < -0.3 is 23.8 Å². The largest absolute Gasteiger partial charge is 0.493 e. The molecule has 2 aromatic carbocycles. The fourth-order valence-corrected chi connectivity index (χ4v) is 9.28. The lowest BCUT2D eigenvalue weighted by Gasteiger charge is -2.61. The van der Waals surface area contributed by atoms with E-state index in [1.54, 1.807) is 25.3 Å². The number of benzene rings is 2. The molecule has 8 heteroatoms. The summed E-state index contributed by atoms with van der Waals surface area (Å²) in [5.74, 6) is 0.166. The van der Waals surface area contributed by atoms with Gasteiger partial charge in [0.1, 0.15) is 11.5 Å². The standard InChI is InChI=1S/C31H34N2O6/c1-6-17-16-33-22-14-20(17)31(29(35)38-5)25(33)15-30(19-9-7-8-10-21(19)32(2)26(22)30)28(31)39-27(34)18-11-12-23(36-3)24(13-18)37-4/h6-13,20,22,25-26,28H,14-16H2,1-5H3/b17-6+/t20-,22-,25-,26+,28-,30+,31+/m0/s1. The predicted octanol–water partition coefficient (Wildman–Crippen LogP) is 3.58. The first-order valence-corrected chi connectivity index (χ1v) is 13.6. The van der Waals surface area contributed by atoms with Crippen LogP contribution in [0.4, 0.5) is 5.69 Å². The molecule has 39 heavy (non-hydrogen) atoms. The fraction of sp³-hybridized carbons (Fsp3) is 0.484. The van der Waals surface area contributed by atoms with E-state index in [1.165, 1.54) is 19.8 Å². The monoisotopic (exact) mass is 530 g/mol. The number of para-hydroxylation sites is 1. The van der Waals surface area contributed by atoms with Crippen molar-refractivity contribution in [2.75, 3.05) is 39.8 Å². The molecule has 4 saturated heterocycles. The summed E-state index contributed by atoms with van der Waals surface area (Å²) in [4.78, 5) is 33.1. The molecule has 0 N–H and O–H groups in total. The number of likely N-dealkylation sites (N-methyl/N-ethyl adjacent to an activating group) is 1. The summed E-state index contributed by atoms with van der Waals surface area (Å²) in [6.45, 7) is 2.88. The van der Waals surface area contributed by atoms with Crippen LogP contribution in [0.25, 0.3) is 0 Å². The number of methoxy groups -OCH3 is 3. The second kappa shape index (κ2) is 8.24. The average molecular weight is 531 g/mol. The minimum atomic E-state index is -0.995. The van der Waals surface area contributed by atoms with Gasteiger partial charge >= 0.3 is 11.9 Å². The molecular formula is C31H34N2O6. The first-order valence-electron chi connectivity index (χ1n) is 13.6. The Labute approximate surface area is 228 Å². The number of hydrogen-bond donors (Lipinski definition) is 0. The van der Waals surface area contributed by atoms with E-state index in [2.05, 4.69) is 47.2 Å². The summed E-state index contributed by atoms with van der Waals surface area (Å²) in [6.07, 6.45) is 3.02. The van der Waals surface area contributed by atoms with Gasteiger partial charge in [-0.05, 0) is 49.6 Å². The van der Waals surface area contributed by atoms with Gasteiger partial charge in [0.05, 0.1) is 38.3 Å². The first-order chi connectivity index (χ1) is 18.9. The third kappa shape index (κ3) is 2.73. The quantitative estimate of drug-likeness (QED) is 0.429. The van der Waals surface area contributed by atoms with Crippen LogP contribution >= 0.6 is 0 Å². The van der Waals surface area contributed by atoms with E-state index in [1.807, 2.05) is 6.92 Å². The predicted molar refractivity (Wildman–Crippen MR) is 144 cm³/mol. The van der Waals surface area contributed by atoms with Gasteiger partial charge in [0.15, 0.2) is 11.5 Å². The number of allylic oxidation sites excluding steroid dienone is 1. The summed E-state index contributed by atoms with van der Waals surface area (Å²) in [5, 5.41) is 0. The van der Waals surface area contributed by atoms with Crippen molar-refractivity contribution >= 4 is 17.6 Å². The van der Waals surface area contributed by atoms with Gasteiger partial charge in [-0.15, -0.1) is 0 Å². The van der Waals surface area contributed by atoms with Crippen molar-refractivity contribution in [2.45, 2.75) is 49.4 Å². The van der Waals surface area contributed by atoms with E-state index < -0.39 is 22.9 Å². The van der Waals surface area contributed by atoms with Crippen LogP contribution in [0.1, 0.15) is 35.7 Å². The van der Waals surface area contributed by atoms with Crippen molar-refractivity contribution in [1.29, 1.82) is 0 Å². The maximum absolute atomic E-state index is 14.2. The lowest BCUT2D eigenvalue weighted by Crippen LogP contribution is -2.71. The topological polar surface area (TPSA) is 77.5 Å². The Morgan fingerprint density at radius 1 is 1.05 bits per heavy atom. The van der Waals surface area contributed by atoms with Gasteiger partial charge in [-0.3, -0.25) is 9.69 Å². The molecule has 0 radical (unpaired) electrons. The number of esters is 2. The summed E-state index contributed by atoms with van der Waals surface area (Å²) in [5.41, 5.74) is 2.36. The molecule has 8 atom stereocenters. The Morgan fingerprint density at radius 2 is 1.82 bits per heavy atom. The van der Waals surface area contributed by atoms with Crippen LogP contribution in [0.2, 0.25) is 0 Å². The third-order valence-electron chi connectivity index (χ3n) is 10.5. The lowest BCUT2D eigenvalue weighted by atomic mass is 9.58. The Morgan fingerprint density at radius 3 is 2.54 bits per heavy atom. The zero-order chi connectivity index (χ0) is 27.3. The van der Waals surface area contributed by atoms with E-state index in [9.17, 15) is 9.59 Å². The zero-order valence-electron chi connectivity index (χ0n) is 23.0. The van der Waals surface area contributed by atoms with E-state index in [4.69, 9.17) is 18.9 Å². The van der Waals surface area contributed by atoms with Gasteiger partial charge in [-0.2, -0.15) is 0 Å². The molecule has 6 bridgehead atoms. The molecular weight excluding hydrogens is 496 g/mol. The molecule has 204 valence electrons. The highest BCUT2D eigenvalue weighted by molar-refractivity contribution is 5.92. The van der Waals surface area contributed by atoms with Crippen LogP contribution in [0, 0.1) is 11.3 Å². The van der Waals surface area contributed by atoms with Gasteiger partial charge in [0, 0.05) is 37.3 Å². The van der Waals surface area contributed by atoms with Crippen molar-refractivity contribution in [3.05, 3.63) is 65.2 Å². The summed E-state index contributed by atoms with van der Waals surface area (Å²) in [7, 11) is 6.70. The van der Waals surface area contributed by atoms with Crippen LogP contribution in [-0.4, -0.2) is 76.0 Å². The summed E-state index contributed by atoms with van der Waals surface area (Å²) >= 11 is 0. The highest BCUT2D eigenvalue weighted by atomic mass is 16.6. The average Bonchev–Trinajstić information content (AvgIpc) is 3.37. The summed E-state index contributed by atoms with van der Waals surface area (Å²) < 4.78 is 23.1. The minimum Gasteiger partial charge on any atom is -0.493 e. The molecule has 1 saturated carbocycles. The van der Waals surface area contributed by atoms with E-state index >= 15 is 0 Å². The number of anilines is 1. The Balaban J connectivity index is 1.44. The summed E-state index contributed by atoms with van der Waals surface area (Å²) in [6, 6.07) is 13.7. The zero-order valence-corrected chi connectivity index (χ0v) is 23.0. The number of hydrogen-bond acceptors (Lipinski definition) is 8. The lowest BCUT2D eigenvalue weighted by molar-refractivity contribution is -0.180. The van der Waals surface area contributed by atoms with Crippen molar-refractivity contribution < 1.29 is 28.5 Å². The van der Waals surface area contributed by atoms with Crippen molar-refractivity contribution in [3.63, 3.8) is 0 Å². The molecule has 1 aliphatic carbocycles. The molecule has 8 rings (SSSR count). The molecule has 5 aliphatic heterocycles. The maximum atomic E-state index is 14.2. The Bertz CT molecular complexity index is 1420. The van der Waals surface area contributed by atoms with Crippen LogP contribution in [-0.2, 0) is 19.7 Å². The van der Waals surface area contributed by atoms with Gasteiger partial charge in [-0.25, -0.2) is 4.79 Å². The van der Waals surface area contributed by atoms with E-state index in [-0.39, 0.29) is 30.0 Å². The molecule has 0 aromatic heterocycles.